The number of hydrogen-bond acceptors (Lipinski definition) is 6. The molecular formula is C22H24FNO6S. The highest BCUT2D eigenvalue weighted by Gasteiger charge is 2.26. The first-order valence-corrected chi connectivity index (χ1v) is 11.4. The van der Waals surface area contributed by atoms with Gasteiger partial charge in [-0.2, -0.15) is 4.31 Å². The molecule has 1 aliphatic rings. The summed E-state index contributed by atoms with van der Waals surface area (Å²) in [6.07, 6.45) is 2.11. The first-order chi connectivity index (χ1) is 14.8. The van der Waals surface area contributed by atoms with Crippen LogP contribution in [0, 0.1) is 5.82 Å². The van der Waals surface area contributed by atoms with Gasteiger partial charge < -0.3 is 9.47 Å². The number of carbonyl (C=O) groups is 2. The second kappa shape index (κ2) is 10.0. The smallest absolute Gasteiger partial charge is 0.306 e. The molecule has 0 spiro atoms. The molecule has 2 aromatic carbocycles. The molecule has 31 heavy (non-hydrogen) atoms. The molecule has 0 atom stereocenters. The Balaban J connectivity index is 1.48. The van der Waals surface area contributed by atoms with Crippen LogP contribution in [0.1, 0.15) is 35.2 Å². The van der Waals surface area contributed by atoms with E-state index < -0.39 is 34.2 Å². The van der Waals surface area contributed by atoms with Gasteiger partial charge in [0.2, 0.25) is 10.0 Å². The fourth-order valence-corrected chi connectivity index (χ4v) is 4.81. The number of ether oxygens (including phenoxy) is 2. The van der Waals surface area contributed by atoms with Crippen molar-refractivity contribution in [3.8, 4) is 5.75 Å². The molecular weight excluding hydrogens is 425 g/mol. The average Bonchev–Trinajstić information content (AvgIpc) is 3.32. The summed E-state index contributed by atoms with van der Waals surface area (Å²) in [5.41, 5.74) is 0.863. The highest BCUT2D eigenvalue weighted by Crippen LogP contribution is 2.21. The molecule has 0 radical (unpaired) electrons. The fraction of sp³-hybridized carbons (Fsp3) is 0.364. The first-order valence-electron chi connectivity index (χ1n) is 9.92. The van der Waals surface area contributed by atoms with Crippen molar-refractivity contribution < 1.29 is 31.9 Å². The maximum Gasteiger partial charge on any atom is 0.306 e. The Morgan fingerprint density at radius 1 is 1.06 bits per heavy atom. The number of methoxy groups -OCH3 is 1. The summed E-state index contributed by atoms with van der Waals surface area (Å²) < 4.78 is 50.0. The lowest BCUT2D eigenvalue weighted by Gasteiger charge is -2.15. The number of ketones is 1. The van der Waals surface area contributed by atoms with E-state index in [4.69, 9.17) is 9.47 Å². The Labute approximate surface area is 180 Å². The van der Waals surface area contributed by atoms with Gasteiger partial charge >= 0.3 is 5.97 Å². The summed E-state index contributed by atoms with van der Waals surface area (Å²) in [7, 11) is -2.15. The van der Waals surface area contributed by atoms with Gasteiger partial charge in [-0.15, -0.1) is 0 Å². The Morgan fingerprint density at radius 2 is 1.74 bits per heavy atom. The zero-order chi connectivity index (χ0) is 22.4. The van der Waals surface area contributed by atoms with Crippen LogP contribution in [0.3, 0.4) is 0 Å². The second-order valence-electron chi connectivity index (χ2n) is 7.19. The number of hydrogen-bond donors (Lipinski definition) is 0. The molecule has 0 aromatic heterocycles. The third-order valence-electron chi connectivity index (χ3n) is 5.08. The van der Waals surface area contributed by atoms with E-state index >= 15 is 0 Å². The summed E-state index contributed by atoms with van der Waals surface area (Å²) in [6.45, 7) is 0.591. The molecule has 0 N–H and O–H groups in total. The molecule has 166 valence electrons. The van der Waals surface area contributed by atoms with Gasteiger partial charge in [-0.1, -0.05) is 12.1 Å². The van der Waals surface area contributed by atoms with Gasteiger partial charge in [-0.3, -0.25) is 9.59 Å². The lowest BCUT2D eigenvalue weighted by Crippen LogP contribution is -2.27. The average molecular weight is 450 g/mol. The molecule has 3 rings (SSSR count). The monoisotopic (exact) mass is 449 g/mol. The molecule has 2 aromatic rings. The van der Waals surface area contributed by atoms with Crippen molar-refractivity contribution in [1.29, 1.82) is 0 Å². The highest BCUT2D eigenvalue weighted by molar-refractivity contribution is 7.89. The van der Waals surface area contributed by atoms with E-state index in [9.17, 15) is 22.4 Å². The van der Waals surface area contributed by atoms with Gasteiger partial charge in [-0.05, 0) is 55.2 Å². The van der Waals surface area contributed by atoms with Crippen LogP contribution in [0.2, 0.25) is 0 Å². The van der Waals surface area contributed by atoms with Crippen LogP contribution in [-0.4, -0.2) is 51.3 Å². The largest absolute Gasteiger partial charge is 0.494 e. The normalized spacial score (nSPS) is 14.4. The van der Waals surface area contributed by atoms with Crippen LogP contribution in [0.5, 0.6) is 5.75 Å². The fourth-order valence-electron chi connectivity index (χ4n) is 3.29. The predicted molar refractivity (Wildman–Crippen MR) is 111 cm³/mol. The topological polar surface area (TPSA) is 90.0 Å². The minimum absolute atomic E-state index is 0.0211. The lowest BCUT2D eigenvalue weighted by molar-refractivity contribution is -0.142. The summed E-state index contributed by atoms with van der Waals surface area (Å²) in [4.78, 5) is 24.3. The second-order valence-corrected chi connectivity index (χ2v) is 9.13. The summed E-state index contributed by atoms with van der Waals surface area (Å²) in [6, 6.07) is 10.2. The van der Waals surface area contributed by atoms with Crippen LogP contribution in [0.15, 0.2) is 47.4 Å². The molecule has 1 heterocycles. The minimum atomic E-state index is -3.47. The zero-order valence-corrected chi connectivity index (χ0v) is 18.0. The van der Waals surface area contributed by atoms with E-state index in [1.807, 2.05) is 0 Å². The number of esters is 1. The van der Waals surface area contributed by atoms with E-state index in [2.05, 4.69) is 0 Å². The summed E-state index contributed by atoms with van der Waals surface area (Å²) in [5, 5.41) is 0. The molecule has 1 saturated heterocycles. The van der Waals surface area contributed by atoms with Crippen LogP contribution in [0.4, 0.5) is 4.39 Å². The number of halogens is 1. The first kappa shape index (κ1) is 22.9. The van der Waals surface area contributed by atoms with Crippen molar-refractivity contribution in [2.45, 2.75) is 30.6 Å². The van der Waals surface area contributed by atoms with Crippen molar-refractivity contribution in [2.24, 2.45) is 0 Å². The van der Waals surface area contributed by atoms with Crippen molar-refractivity contribution in [3.05, 3.63) is 59.4 Å². The maximum absolute atomic E-state index is 13.7. The minimum Gasteiger partial charge on any atom is -0.494 e. The number of rotatable bonds is 9. The van der Waals surface area contributed by atoms with Crippen LogP contribution in [-0.2, 0) is 26.0 Å². The molecule has 9 heteroatoms. The highest BCUT2D eigenvalue weighted by atomic mass is 32.2. The standard InChI is InChI=1S/C22H24FNO6S/c1-29-21-10-7-17(14-19(21)23)20(25)15-30-22(26)11-6-16-4-8-18(9-5-16)31(27,28)24-12-2-3-13-24/h4-5,7-10,14H,2-3,6,11-13,15H2,1H3. The Bertz CT molecular complexity index is 1050. The van der Waals surface area contributed by atoms with Gasteiger partial charge in [0.15, 0.2) is 24.0 Å². The number of benzene rings is 2. The van der Waals surface area contributed by atoms with Crippen LogP contribution >= 0.6 is 0 Å². The molecule has 0 bridgehead atoms. The Hall–Kier alpha value is -2.78. The SMILES string of the molecule is COc1ccc(C(=O)COC(=O)CCc2ccc(S(=O)(=O)N3CCCC3)cc2)cc1F. The Morgan fingerprint density at radius 3 is 2.35 bits per heavy atom. The quantitative estimate of drug-likeness (QED) is 0.432. The lowest BCUT2D eigenvalue weighted by atomic mass is 10.1. The number of aryl methyl sites for hydroxylation is 1. The molecule has 0 aliphatic carbocycles. The number of nitrogens with zero attached hydrogens (tertiary/aromatic N) is 1. The van der Waals surface area contributed by atoms with Crippen molar-refractivity contribution in [1.82, 2.24) is 4.31 Å². The molecule has 7 nitrogen and oxygen atoms in total. The number of carbonyl (C=O) groups excluding carboxylic acids is 2. The van der Waals surface area contributed by atoms with E-state index in [0.717, 1.165) is 24.5 Å². The third kappa shape index (κ3) is 5.68. The predicted octanol–water partition coefficient (Wildman–Crippen LogP) is 2.98. The molecule has 0 amide bonds. The molecule has 1 fully saturated rings. The van der Waals surface area contributed by atoms with Gasteiger partial charge in [0.05, 0.1) is 12.0 Å². The third-order valence-corrected chi connectivity index (χ3v) is 6.99. The van der Waals surface area contributed by atoms with Crippen molar-refractivity contribution in [3.63, 3.8) is 0 Å². The molecule has 0 unspecified atom stereocenters. The summed E-state index contributed by atoms with van der Waals surface area (Å²) >= 11 is 0. The summed E-state index contributed by atoms with van der Waals surface area (Å²) in [5.74, 6) is -1.75. The number of sulfonamides is 1. The van der Waals surface area contributed by atoms with E-state index in [1.54, 1.807) is 12.1 Å². The van der Waals surface area contributed by atoms with E-state index in [0.29, 0.717) is 19.5 Å². The van der Waals surface area contributed by atoms with Crippen LogP contribution in [0.25, 0.3) is 0 Å². The van der Waals surface area contributed by atoms with E-state index in [-0.39, 0.29) is 22.6 Å². The van der Waals surface area contributed by atoms with Gasteiger partial charge in [0, 0.05) is 25.1 Å². The van der Waals surface area contributed by atoms with Crippen molar-refractivity contribution in [2.75, 3.05) is 26.8 Å². The van der Waals surface area contributed by atoms with Gasteiger partial charge in [0.1, 0.15) is 0 Å². The van der Waals surface area contributed by atoms with Gasteiger partial charge in [-0.25, -0.2) is 12.8 Å². The van der Waals surface area contributed by atoms with Crippen LogP contribution < -0.4 is 4.74 Å². The number of Topliss-reactive ketones (excluding diaryl/α,β-unsaturated/α-hetero) is 1. The van der Waals surface area contributed by atoms with Gasteiger partial charge in [0.25, 0.3) is 0 Å². The van der Waals surface area contributed by atoms with Crippen molar-refractivity contribution >= 4 is 21.8 Å². The zero-order valence-electron chi connectivity index (χ0n) is 17.2. The van der Waals surface area contributed by atoms with E-state index in [1.165, 1.54) is 35.7 Å². The molecule has 1 aliphatic heterocycles. The Kier molecular flexibility index (Phi) is 7.40. The maximum atomic E-state index is 13.7. The molecule has 0 saturated carbocycles.